The Morgan fingerprint density at radius 3 is 2.17 bits per heavy atom. The highest BCUT2D eigenvalue weighted by Crippen LogP contribution is 2.14. The smallest absolute Gasteiger partial charge is 0.269 e. The fraction of sp³-hybridized carbons (Fsp3) is 0.263. The van der Waals surface area contributed by atoms with Crippen LogP contribution in [0.4, 0.5) is 0 Å². The van der Waals surface area contributed by atoms with Crippen LogP contribution in [0.3, 0.4) is 0 Å². The summed E-state index contributed by atoms with van der Waals surface area (Å²) in [6.45, 7) is 7.63. The van der Waals surface area contributed by atoms with Gasteiger partial charge in [-0.3, -0.25) is 20.4 Å². The van der Waals surface area contributed by atoms with Crippen molar-refractivity contribution in [2.24, 2.45) is 0 Å². The van der Waals surface area contributed by atoms with E-state index >= 15 is 0 Å². The van der Waals surface area contributed by atoms with Crippen molar-refractivity contribution in [3.63, 3.8) is 0 Å². The Labute approximate surface area is 142 Å². The molecule has 5 nitrogen and oxygen atoms in total. The lowest BCUT2D eigenvalue weighted by molar-refractivity contribution is 0.0846. The van der Waals surface area contributed by atoms with Crippen LogP contribution in [0.2, 0.25) is 0 Å². The van der Waals surface area contributed by atoms with Crippen LogP contribution in [0.5, 0.6) is 5.75 Å². The second kappa shape index (κ2) is 7.64. The number of benzene rings is 2. The maximum Gasteiger partial charge on any atom is 0.269 e. The number of aryl methyl sites for hydroxylation is 2. The Bertz CT molecular complexity index is 737. The summed E-state index contributed by atoms with van der Waals surface area (Å²) in [5.74, 6) is -0.0324. The van der Waals surface area contributed by atoms with Crippen LogP contribution in [0, 0.1) is 13.8 Å². The van der Waals surface area contributed by atoms with Crippen LogP contribution in [0.1, 0.15) is 45.7 Å². The third kappa shape index (κ3) is 4.59. The van der Waals surface area contributed by atoms with Gasteiger partial charge in [-0.2, -0.15) is 0 Å². The number of hydrazine groups is 1. The van der Waals surface area contributed by atoms with E-state index in [-0.39, 0.29) is 17.9 Å². The third-order valence-corrected chi connectivity index (χ3v) is 3.42. The van der Waals surface area contributed by atoms with Crippen LogP contribution in [-0.2, 0) is 0 Å². The van der Waals surface area contributed by atoms with Crippen molar-refractivity contribution in [3.05, 3.63) is 64.7 Å². The molecule has 126 valence electrons. The summed E-state index contributed by atoms with van der Waals surface area (Å²) in [4.78, 5) is 24.3. The molecule has 0 aliphatic carbocycles. The highest BCUT2D eigenvalue weighted by atomic mass is 16.5. The lowest BCUT2D eigenvalue weighted by Crippen LogP contribution is -2.41. The fourth-order valence-electron chi connectivity index (χ4n) is 2.19. The van der Waals surface area contributed by atoms with Gasteiger partial charge >= 0.3 is 0 Å². The van der Waals surface area contributed by atoms with E-state index in [9.17, 15) is 9.59 Å². The molecule has 2 rings (SSSR count). The summed E-state index contributed by atoms with van der Waals surface area (Å²) in [7, 11) is 0. The number of ether oxygens (including phenoxy) is 1. The molecule has 0 spiro atoms. The van der Waals surface area contributed by atoms with Crippen LogP contribution in [-0.4, -0.2) is 17.9 Å². The largest absolute Gasteiger partial charge is 0.491 e. The maximum atomic E-state index is 12.2. The molecule has 2 aromatic carbocycles. The minimum Gasteiger partial charge on any atom is -0.491 e. The quantitative estimate of drug-likeness (QED) is 0.848. The summed E-state index contributed by atoms with van der Waals surface area (Å²) < 4.78 is 5.53. The topological polar surface area (TPSA) is 67.4 Å². The van der Waals surface area contributed by atoms with Gasteiger partial charge in [0.25, 0.3) is 11.8 Å². The molecular weight excluding hydrogens is 304 g/mol. The molecule has 0 saturated carbocycles. The summed E-state index contributed by atoms with van der Waals surface area (Å²) in [5.41, 5.74) is 7.68. The summed E-state index contributed by atoms with van der Waals surface area (Å²) in [5, 5.41) is 0. The number of rotatable bonds is 4. The van der Waals surface area contributed by atoms with Crippen molar-refractivity contribution < 1.29 is 14.3 Å². The first-order valence-electron chi connectivity index (χ1n) is 7.81. The van der Waals surface area contributed by atoms with Crippen LogP contribution in [0.15, 0.2) is 42.5 Å². The van der Waals surface area contributed by atoms with E-state index in [2.05, 4.69) is 10.9 Å². The van der Waals surface area contributed by atoms with Crippen molar-refractivity contribution in [1.82, 2.24) is 10.9 Å². The van der Waals surface area contributed by atoms with E-state index in [1.807, 2.05) is 39.8 Å². The summed E-state index contributed by atoms with van der Waals surface area (Å²) >= 11 is 0. The van der Waals surface area contributed by atoms with E-state index in [1.54, 1.807) is 30.3 Å². The number of amides is 2. The van der Waals surface area contributed by atoms with Gasteiger partial charge in [-0.15, -0.1) is 0 Å². The second-order valence-corrected chi connectivity index (χ2v) is 5.92. The van der Waals surface area contributed by atoms with E-state index in [1.165, 1.54) is 0 Å². The molecule has 0 aliphatic rings. The molecule has 0 heterocycles. The van der Waals surface area contributed by atoms with Crippen molar-refractivity contribution in [1.29, 1.82) is 0 Å². The number of hydrogen-bond donors (Lipinski definition) is 2. The Morgan fingerprint density at radius 2 is 1.54 bits per heavy atom. The van der Waals surface area contributed by atoms with Crippen LogP contribution in [0.25, 0.3) is 0 Å². The van der Waals surface area contributed by atoms with E-state index in [4.69, 9.17) is 4.74 Å². The molecule has 0 radical (unpaired) electrons. The van der Waals surface area contributed by atoms with E-state index in [0.717, 1.165) is 11.1 Å². The van der Waals surface area contributed by atoms with Crippen LogP contribution < -0.4 is 15.6 Å². The molecule has 0 aromatic heterocycles. The van der Waals surface area contributed by atoms with Gasteiger partial charge in [0.05, 0.1) is 6.10 Å². The Morgan fingerprint density at radius 1 is 0.917 bits per heavy atom. The first kappa shape index (κ1) is 17.5. The third-order valence-electron chi connectivity index (χ3n) is 3.42. The molecule has 24 heavy (non-hydrogen) atoms. The van der Waals surface area contributed by atoms with Gasteiger partial charge in [-0.05, 0) is 63.6 Å². The minimum absolute atomic E-state index is 0.0709. The monoisotopic (exact) mass is 326 g/mol. The Kier molecular flexibility index (Phi) is 5.58. The number of nitrogens with one attached hydrogen (secondary N) is 2. The molecule has 0 unspecified atom stereocenters. The zero-order valence-electron chi connectivity index (χ0n) is 14.3. The zero-order valence-corrected chi connectivity index (χ0v) is 14.3. The van der Waals surface area contributed by atoms with E-state index < -0.39 is 0 Å². The summed E-state index contributed by atoms with van der Waals surface area (Å²) in [6.07, 6.45) is 0.0709. The number of carbonyl (C=O) groups is 2. The molecule has 2 aromatic rings. The lowest BCUT2D eigenvalue weighted by Gasteiger charge is -2.11. The average molecular weight is 326 g/mol. The van der Waals surface area contributed by atoms with Gasteiger partial charge in [0.1, 0.15) is 5.75 Å². The molecule has 0 saturated heterocycles. The highest BCUT2D eigenvalue weighted by molar-refractivity contribution is 5.99. The van der Waals surface area contributed by atoms with Gasteiger partial charge in [-0.25, -0.2) is 0 Å². The number of carbonyl (C=O) groups excluding carboxylic acids is 2. The molecule has 2 N–H and O–H groups in total. The summed E-state index contributed by atoms with van der Waals surface area (Å²) in [6, 6.07) is 12.3. The van der Waals surface area contributed by atoms with Gasteiger partial charge in [-0.1, -0.05) is 17.7 Å². The predicted molar refractivity (Wildman–Crippen MR) is 93.1 cm³/mol. The van der Waals surface area contributed by atoms with Crippen molar-refractivity contribution in [3.8, 4) is 5.75 Å². The van der Waals surface area contributed by atoms with Crippen molar-refractivity contribution >= 4 is 11.8 Å². The van der Waals surface area contributed by atoms with E-state index in [0.29, 0.717) is 16.9 Å². The Balaban J connectivity index is 1.97. The molecule has 2 amide bonds. The van der Waals surface area contributed by atoms with Gasteiger partial charge in [0.15, 0.2) is 0 Å². The predicted octanol–water partition coefficient (Wildman–Crippen LogP) is 3.17. The molecule has 5 heteroatoms. The first-order valence-corrected chi connectivity index (χ1v) is 7.81. The minimum atomic E-state index is -0.384. The molecular formula is C19H22N2O3. The number of hydrogen-bond acceptors (Lipinski definition) is 3. The Hall–Kier alpha value is -2.82. The lowest BCUT2D eigenvalue weighted by atomic mass is 10.1. The zero-order chi connectivity index (χ0) is 17.7. The van der Waals surface area contributed by atoms with Gasteiger partial charge in [0.2, 0.25) is 0 Å². The maximum absolute atomic E-state index is 12.2. The second-order valence-electron chi connectivity index (χ2n) is 5.92. The standard InChI is InChI=1S/C19H22N2O3/c1-12(2)24-16-9-7-15(8-10-16)18(22)20-21-19(23)17-11-13(3)5-6-14(17)4/h5-12H,1-4H3,(H,20,22)(H,21,23). The SMILES string of the molecule is Cc1ccc(C)c(C(=O)NNC(=O)c2ccc(OC(C)C)cc2)c1. The molecule has 0 aliphatic heterocycles. The first-order chi connectivity index (χ1) is 11.4. The fourth-order valence-corrected chi connectivity index (χ4v) is 2.19. The van der Waals surface area contributed by atoms with Gasteiger partial charge in [0, 0.05) is 11.1 Å². The normalized spacial score (nSPS) is 10.4. The molecule has 0 bridgehead atoms. The molecule has 0 fully saturated rings. The van der Waals surface area contributed by atoms with Crippen molar-refractivity contribution in [2.45, 2.75) is 33.8 Å². The van der Waals surface area contributed by atoms with Crippen molar-refractivity contribution in [2.75, 3.05) is 0 Å². The molecule has 0 atom stereocenters. The average Bonchev–Trinajstić information content (AvgIpc) is 2.54. The van der Waals surface area contributed by atoms with Crippen LogP contribution >= 0.6 is 0 Å². The van der Waals surface area contributed by atoms with Gasteiger partial charge < -0.3 is 4.74 Å². The highest BCUT2D eigenvalue weighted by Gasteiger charge is 2.11.